The second-order valence-electron chi connectivity index (χ2n) is 3.92. The molecule has 1 N–H and O–H groups in total. The summed E-state index contributed by atoms with van der Waals surface area (Å²) in [5.74, 6) is 0.156. The van der Waals surface area contributed by atoms with Crippen LogP contribution in [0.1, 0.15) is 6.42 Å². The lowest BCUT2D eigenvalue weighted by Gasteiger charge is -2.16. The van der Waals surface area contributed by atoms with E-state index in [4.69, 9.17) is 0 Å². The van der Waals surface area contributed by atoms with Gasteiger partial charge >= 0.3 is 0 Å². The van der Waals surface area contributed by atoms with Gasteiger partial charge in [-0.15, -0.1) is 0 Å². The molecule has 16 heavy (non-hydrogen) atoms. The van der Waals surface area contributed by atoms with Gasteiger partial charge in [0.2, 0.25) is 5.91 Å². The number of nitrogens with zero attached hydrogens (tertiary/aromatic N) is 2. The van der Waals surface area contributed by atoms with Crippen molar-refractivity contribution in [3.63, 3.8) is 0 Å². The van der Waals surface area contributed by atoms with E-state index >= 15 is 0 Å². The van der Waals surface area contributed by atoms with Gasteiger partial charge in [0.05, 0.1) is 17.4 Å². The Bertz CT molecular complexity index is 551. The Morgan fingerprint density at radius 1 is 1.50 bits per heavy atom. The third-order valence-corrected chi connectivity index (χ3v) is 3.44. The Kier molecular flexibility index (Phi) is 2.21. The Labute approximate surface area is 101 Å². The van der Waals surface area contributed by atoms with Gasteiger partial charge < -0.3 is 4.90 Å². The predicted molar refractivity (Wildman–Crippen MR) is 65.8 cm³/mol. The molecule has 0 aliphatic carbocycles. The van der Waals surface area contributed by atoms with Crippen molar-refractivity contribution in [1.82, 2.24) is 10.2 Å². The molecule has 3 rings (SSSR count). The van der Waals surface area contributed by atoms with E-state index in [2.05, 4.69) is 26.1 Å². The van der Waals surface area contributed by atoms with Crippen LogP contribution >= 0.6 is 15.9 Å². The minimum absolute atomic E-state index is 0.156. The third-order valence-electron chi connectivity index (χ3n) is 2.82. The normalized spacial score (nSPS) is 20.9. The molecule has 1 unspecified atom stereocenters. The summed E-state index contributed by atoms with van der Waals surface area (Å²) in [4.78, 5) is 13.9. The number of fused-ring (bicyclic) bond motifs is 1. The predicted octanol–water partition coefficient (Wildman–Crippen LogP) is 2.06. The van der Waals surface area contributed by atoms with Gasteiger partial charge in [-0.3, -0.25) is 9.89 Å². The lowest BCUT2D eigenvalue weighted by molar-refractivity contribution is -0.117. The van der Waals surface area contributed by atoms with Crippen LogP contribution in [0.2, 0.25) is 0 Å². The molecule has 1 fully saturated rings. The SMILES string of the molecule is O=C1CC(Br)CN1c1cccc2cn[nH]c12. The van der Waals surface area contributed by atoms with Gasteiger partial charge in [-0.2, -0.15) is 5.10 Å². The van der Waals surface area contributed by atoms with Crippen molar-refractivity contribution in [2.45, 2.75) is 11.2 Å². The summed E-state index contributed by atoms with van der Waals surface area (Å²) in [6.45, 7) is 0.719. The number of aromatic amines is 1. The topological polar surface area (TPSA) is 49.0 Å². The number of rotatable bonds is 1. The highest BCUT2D eigenvalue weighted by Crippen LogP contribution is 2.30. The van der Waals surface area contributed by atoms with Crippen LogP contribution in [0.4, 0.5) is 5.69 Å². The minimum Gasteiger partial charge on any atom is -0.309 e. The Morgan fingerprint density at radius 3 is 3.12 bits per heavy atom. The maximum absolute atomic E-state index is 11.8. The van der Waals surface area contributed by atoms with Crippen LogP contribution in [-0.4, -0.2) is 27.5 Å². The molecule has 5 heteroatoms. The molecule has 1 atom stereocenters. The van der Waals surface area contributed by atoms with Crippen LogP contribution in [0.15, 0.2) is 24.4 Å². The smallest absolute Gasteiger partial charge is 0.228 e. The van der Waals surface area contributed by atoms with E-state index in [1.54, 1.807) is 11.1 Å². The van der Waals surface area contributed by atoms with Crippen molar-refractivity contribution in [1.29, 1.82) is 0 Å². The average molecular weight is 280 g/mol. The van der Waals surface area contributed by atoms with Gasteiger partial charge in [0.15, 0.2) is 0 Å². The van der Waals surface area contributed by atoms with Gasteiger partial charge in [0.25, 0.3) is 0 Å². The van der Waals surface area contributed by atoms with Gasteiger partial charge in [-0.1, -0.05) is 28.1 Å². The fraction of sp³-hybridized carbons (Fsp3) is 0.273. The van der Waals surface area contributed by atoms with Crippen molar-refractivity contribution in [2.24, 2.45) is 0 Å². The fourth-order valence-corrected chi connectivity index (χ4v) is 2.64. The summed E-state index contributed by atoms with van der Waals surface area (Å²) in [6, 6.07) is 5.87. The average Bonchev–Trinajstić information content (AvgIpc) is 2.84. The Balaban J connectivity index is 2.12. The molecule has 1 aliphatic rings. The van der Waals surface area contributed by atoms with Gasteiger partial charge in [0, 0.05) is 23.2 Å². The maximum Gasteiger partial charge on any atom is 0.228 e. The molecule has 0 radical (unpaired) electrons. The van der Waals surface area contributed by atoms with Gasteiger partial charge in [-0.25, -0.2) is 0 Å². The molecule has 1 aromatic carbocycles. The number of anilines is 1. The fourth-order valence-electron chi connectivity index (χ4n) is 2.08. The molecule has 2 aromatic rings. The number of benzene rings is 1. The maximum atomic E-state index is 11.8. The molecule has 0 saturated carbocycles. The lowest BCUT2D eigenvalue weighted by atomic mass is 10.2. The highest BCUT2D eigenvalue weighted by Gasteiger charge is 2.29. The van der Waals surface area contributed by atoms with Crippen molar-refractivity contribution in [2.75, 3.05) is 11.4 Å². The van der Waals surface area contributed by atoms with Crippen molar-refractivity contribution in [3.05, 3.63) is 24.4 Å². The second kappa shape index (κ2) is 3.59. The number of hydrogen-bond acceptors (Lipinski definition) is 2. The van der Waals surface area contributed by atoms with Crippen molar-refractivity contribution >= 4 is 38.4 Å². The number of aromatic nitrogens is 2. The van der Waals surface area contributed by atoms with Crippen LogP contribution in [-0.2, 0) is 4.79 Å². The molecule has 2 heterocycles. The van der Waals surface area contributed by atoms with E-state index in [0.29, 0.717) is 6.42 Å². The van der Waals surface area contributed by atoms with E-state index < -0.39 is 0 Å². The highest BCUT2D eigenvalue weighted by molar-refractivity contribution is 9.09. The molecule has 0 bridgehead atoms. The summed E-state index contributed by atoms with van der Waals surface area (Å²) < 4.78 is 0. The number of nitrogens with one attached hydrogen (secondary N) is 1. The molecular weight excluding hydrogens is 270 g/mol. The van der Waals surface area contributed by atoms with E-state index in [1.165, 1.54) is 0 Å². The van der Waals surface area contributed by atoms with Crippen LogP contribution in [0.5, 0.6) is 0 Å². The number of halogens is 1. The van der Waals surface area contributed by atoms with E-state index in [1.807, 2.05) is 18.2 Å². The number of para-hydroxylation sites is 1. The zero-order valence-corrected chi connectivity index (χ0v) is 10.1. The third kappa shape index (κ3) is 1.43. The van der Waals surface area contributed by atoms with Crippen LogP contribution in [0.3, 0.4) is 0 Å². The van der Waals surface area contributed by atoms with Gasteiger partial charge in [-0.05, 0) is 6.07 Å². The number of amides is 1. The monoisotopic (exact) mass is 279 g/mol. The van der Waals surface area contributed by atoms with E-state index in [0.717, 1.165) is 23.1 Å². The standard InChI is InChI=1S/C11H10BrN3O/c12-8-4-10(16)15(6-8)9-3-1-2-7-5-13-14-11(7)9/h1-3,5,8H,4,6H2,(H,13,14). The summed E-state index contributed by atoms with van der Waals surface area (Å²) in [5, 5.41) is 7.97. The zero-order chi connectivity index (χ0) is 11.1. The number of carbonyl (C=O) groups excluding carboxylic acids is 1. The zero-order valence-electron chi connectivity index (χ0n) is 8.48. The molecule has 4 nitrogen and oxygen atoms in total. The van der Waals surface area contributed by atoms with E-state index in [-0.39, 0.29) is 10.7 Å². The molecule has 1 aromatic heterocycles. The Hall–Kier alpha value is -1.36. The first-order valence-corrected chi connectivity index (χ1v) is 6.04. The minimum atomic E-state index is 0.156. The number of carbonyl (C=O) groups is 1. The summed E-state index contributed by atoms with van der Waals surface area (Å²) in [7, 11) is 0. The lowest BCUT2D eigenvalue weighted by Crippen LogP contribution is -2.24. The van der Waals surface area contributed by atoms with Gasteiger partial charge in [0.1, 0.15) is 0 Å². The molecule has 0 spiro atoms. The first kappa shape index (κ1) is 9.84. The van der Waals surface area contributed by atoms with Crippen LogP contribution in [0.25, 0.3) is 10.9 Å². The summed E-state index contributed by atoms with van der Waals surface area (Å²) >= 11 is 3.48. The number of hydrogen-bond donors (Lipinski definition) is 1. The summed E-state index contributed by atoms with van der Waals surface area (Å²) in [5.41, 5.74) is 1.85. The van der Waals surface area contributed by atoms with Crippen LogP contribution < -0.4 is 4.90 Å². The first-order chi connectivity index (χ1) is 7.75. The quantitative estimate of drug-likeness (QED) is 0.813. The van der Waals surface area contributed by atoms with Crippen molar-refractivity contribution < 1.29 is 4.79 Å². The largest absolute Gasteiger partial charge is 0.309 e. The molecule has 82 valence electrons. The Morgan fingerprint density at radius 2 is 2.38 bits per heavy atom. The second-order valence-corrected chi connectivity index (χ2v) is 5.21. The molecule has 1 aliphatic heterocycles. The number of H-pyrrole nitrogens is 1. The molecule has 1 amide bonds. The van der Waals surface area contributed by atoms with Crippen molar-refractivity contribution in [3.8, 4) is 0 Å². The highest BCUT2D eigenvalue weighted by atomic mass is 79.9. The molecule has 1 saturated heterocycles. The first-order valence-electron chi connectivity index (χ1n) is 5.12. The van der Waals surface area contributed by atoms with E-state index in [9.17, 15) is 4.79 Å². The number of alkyl halides is 1. The summed E-state index contributed by atoms with van der Waals surface area (Å²) in [6.07, 6.45) is 2.33. The molecular formula is C11H10BrN3O. The van der Waals surface area contributed by atoms with Crippen LogP contribution in [0, 0.1) is 0 Å².